The van der Waals surface area contributed by atoms with Crippen LogP contribution in [-0.2, 0) is 25.5 Å². The molecule has 27 heavy (non-hydrogen) atoms. The Labute approximate surface area is 158 Å². The minimum absolute atomic E-state index is 0.395. The minimum Gasteiger partial charge on any atom is -0.427 e. The Morgan fingerprint density at radius 3 is 1.48 bits per heavy atom. The molecule has 2 aromatic carbocycles. The summed E-state index contributed by atoms with van der Waals surface area (Å²) in [4.78, 5) is 22.1. The molecule has 6 heteroatoms. The molecule has 0 heterocycles. The maximum absolute atomic E-state index is 11.3. The first-order valence-corrected chi connectivity index (χ1v) is 8.45. The van der Waals surface area contributed by atoms with E-state index in [4.69, 9.17) is 14.2 Å². The second-order valence-corrected chi connectivity index (χ2v) is 6.55. The smallest absolute Gasteiger partial charge is 0.308 e. The zero-order valence-electron chi connectivity index (χ0n) is 16.1. The molecule has 0 amide bonds. The second-order valence-electron chi connectivity index (χ2n) is 6.55. The molecule has 0 saturated heterocycles. The number of hydrogen-bond donors (Lipinski definition) is 1. The Hall–Kier alpha value is -2.70. The van der Waals surface area contributed by atoms with E-state index in [1.54, 1.807) is 62.4 Å². The predicted molar refractivity (Wildman–Crippen MR) is 99.4 cm³/mol. The van der Waals surface area contributed by atoms with Crippen molar-refractivity contribution in [1.29, 1.82) is 0 Å². The number of carbonyl (C=O) groups is 2. The van der Waals surface area contributed by atoms with Gasteiger partial charge in [-0.05, 0) is 49.2 Å². The molecule has 0 spiro atoms. The molecule has 0 aliphatic rings. The number of rotatable bonds is 6. The standard InChI is InChI=1S/C21H24O6/c1-14(22)26-18-10-6-16(7-11-18)20(3,24)21(4,25-5)17-8-12-19(13-9-17)27-15(2)23/h6-13,24H,1-5H3. The Bertz CT molecular complexity index is 808. The summed E-state index contributed by atoms with van der Waals surface area (Å²) in [5.74, 6) is -0.0109. The Balaban J connectivity index is 2.37. The van der Waals surface area contributed by atoms with Crippen LogP contribution < -0.4 is 9.47 Å². The molecular formula is C21H24O6. The molecule has 1 N–H and O–H groups in total. The lowest BCUT2D eigenvalue weighted by atomic mass is 9.75. The molecule has 0 saturated carbocycles. The molecule has 0 aliphatic heterocycles. The van der Waals surface area contributed by atoms with Crippen LogP contribution in [0.15, 0.2) is 48.5 Å². The number of esters is 2. The number of hydrogen-bond acceptors (Lipinski definition) is 6. The van der Waals surface area contributed by atoms with Crippen molar-refractivity contribution in [2.45, 2.75) is 38.9 Å². The zero-order chi connectivity index (χ0) is 20.2. The van der Waals surface area contributed by atoms with Crippen LogP contribution >= 0.6 is 0 Å². The summed E-state index contributed by atoms with van der Waals surface area (Å²) in [5, 5.41) is 11.3. The van der Waals surface area contributed by atoms with Crippen molar-refractivity contribution in [1.82, 2.24) is 0 Å². The average Bonchev–Trinajstić information content (AvgIpc) is 2.61. The maximum atomic E-state index is 11.3. The van der Waals surface area contributed by atoms with Crippen LogP contribution in [0.1, 0.15) is 38.8 Å². The van der Waals surface area contributed by atoms with Gasteiger partial charge in [0.2, 0.25) is 0 Å². The highest BCUT2D eigenvalue weighted by molar-refractivity contribution is 5.69. The van der Waals surface area contributed by atoms with Crippen LogP contribution in [0.3, 0.4) is 0 Å². The highest BCUT2D eigenvalue weighted by Gasteiger charge is 2.46. The summed E-state index contributed by atoms with van der Waals surface area (Å²) in [6.45, 7) is 6.08. The molecule has 2 aromatic rings. The molecule has 6 nitrogen and oxygen atoms in total. The summed E-state index contributed by atoms with van der Waals surface area (Å²) >= 11 is 0. The number of ether oxygens (including phenoxy) is 3. The van der Waals surface area contributed by atoms with Crippen LogP contribution in [0, 0.1) is 0 Å². The lowest BCUT2D eigenvalue weighted by Crippen LogP contribution is -2.46. The van der Waals surface area contributed by atoms with E-state index in [2.05, 4.69) is 0 Å². The van der Waals surface area contributed by atoms with E-state index in [9.17, 15) is 14.7 Å². The van der Waals surface area contributed by atoms with E-state index < -0.39 is 23.1 Å². The predicted octanol–water partition coefficient (Wildman–Crippen LogP) is 3.31. The average molecular weight is 372 g/mol. The van der Waals surface area contributed by atoms with Gasteiger partial charge in [-0.3, -0.25) is 9.59 Å². The lowest BCUT2D eigenvalue weighted by Gasteiger charge is -2.42. The second kappa shape index (κ2) is 7.90. The zero-order valence-corrected chi connectivity index (χ0v) is 16.1. The van der Waals surface area contributed by atoms with Gasteiger partial charge in [0.15, 0.2) is 0 Å². The fourth-order valence-corrected chi connectivity index (χ4v) is 2.89. The van der Waals surface area contributed by atoms with Gasteiger partial charge in [0.25, 0.3) is 0 Å². The summed E-state index contributed by atoms with van der Waals surface area (Å²) in [6, 6.07) is 13.4. The van der Waals surface area contributed by atoms with Crippen LogP contribution in [-0.4, -0.2) is 24.2 Å². The molecule has 0 radical (unpaired) electrons. The number of benzene rings is 2. The number of aliphatic hydroxyl groups is 1. The molecule has 2 rings (SSSR count). The minimum atomic E-state index is -1.40. The van der Waals surface area contributed by atoms with Crippen molar-refractivity contribution in [3.8, 4) is 11.5 Å². The first-order chi connectivity index (χ1) is 12.6. The molecule has 0 bridgehead atoms. The van der Waals surface area contributed by atoms with Gasteiger partial charge in [-0.2, -0.15) is 0 Å². The van der Waals surface area contributed by atoms with E-state index in [1.807, 2.05) is 0 Å². The van der Waals surface area contributed by atoms with E-state index in [1.165, 1.54) is 21.0 Å². The first-order valence-electron chi connectivity index (χ1n) is 8.45. The van der Waals surface area contributed by atoms with Crippen molar-refractivity contribution in [3.05, 3.63) is 59.7 Å². The van der Waals surface area contributed by atoms with Gasteiger partial charge >= 0.3 is 11.9 Å². The van der Waals surface area contributed by atoms with Crippen molar-refractivity contribution in [2.24, 2.45) is 0 Å². The van der Waals surface area contributed by atoms with E-state index in [-0.39, 0.29) is 0 Å². The fraction of sp³-hybridized carbons (Fsp3) is 0.333. The van der Waals surface area contributed by atoms with E-state index >= 15 is 0 Å². The third kappa shape index (κ3) is 4.35. The Kier molecular flexibility index (Phi) is 6.03. The number of methoxy groups -OCH3 is 1. The highest BCUT2D eigenvalue weighted by Crippen LogP contribution is 2.43. The SMILES string of the molecule is COC(C)(c1ccc(OC(C)=O)cc1)C(C)(O)c1ccc(OC(C)=O)cc1. The quantitative estimate of drug-likeness (QED) is 0.619. The third-order valence-corrected chi connectivity index (χ3v) is 4.68. The van der Waals surface area contributed by atoms with Crippen molar-refractivity contribution in [3.63, 3.8) is 0 Å². The number of carbonyl (C=O) groups excluding carboxylic acids is 2. The van der Waals surface area contributed by atoms with Gasteiger partial charge < -0.3 is 19.3 Å². The highest BCUT2D eigenvalue weighted by atomic mass is 16.5. The van der Waals surface area contributed by atoms with E-state index in [0.717, 1.165) is 0 Å². The molecular weight excluding hydrogens is 348 g/mol. The fourth-order valence-electron chi connectivity index (χ4n) is 2.89. The molecule has 2 atom stereocenters. The van der Waals surface area contributed by atoms with Crippen molar-refractivity contribution >= 4 is 11.9 Å². The maximum Gasteiger partial charge on any atom is 0.308 e. The largest absolute Gasteiger partial charge is 0.427 e. The first kappa shape index (κ1) is 20.6. The topological polar surface area (TPSA) is 82.1 Å². The molecule has 2 unspecified atom stereocenters. The van der Waals surface area contributed by atoms with Crippen LogP contribution in [0.4, 0.5) is 0 Å². The Morgan fingerprint density at radius 2 is 1.15 bits per heavy atom. The third-order valence-electron chi connectivity index (χ3n) is 4.68. The van der Waals surface area contributed by atoms with Crippen LogP contribution in [0.25, 0.3) is 0 Å². The van der Waals surface area contributed by atoms with Gasteiger partial charge in [0.1, 0.15) is 22.7 Å². The molecule has 144 valence electrons. The summed E-state index contributed by atoms with van der Waals surface area (Å²) in [7, 11) is 1.52. The van der Waals surface area contributed by atoms with E-state index in [0.29, 0.717) is 22.6 Å². The molecule has 0 aromatic heterocycles. The van der Waals surface area contributed by atoms with Gasteiger partial charge in [0.05, 0.1) is 0 Å². The normalized spacial score (nSPS) is 15.3. The van der Waals surface area contributed by atoms with Crippen molar-refractivity contribution in [2.75, 3.05) is 7.11 Å². The summed E-state index contributed by atoms with van der Waals surface area (Å²) < 4.78 is 15.8. The summed E-state index contributed by atoms with van der Waals surface area (Å²) in [5.41, 5.74) is -1.20. The molecule has 0 aliphatic carbocycles. The van der Waals surface area contributed by atoms with Gasteiger partial charge in [-0.1, -0.05) is 24.3 Å². The molecule has 0 fully saturated rings. The van der Waals surface area contributed by atoms with Gasteiger partial charge in [-0.15, -0.1) is 0 Å². The van der Waals surface area contributed by atoms with Crippen LogP contribution in [0.2, 0.25) is 0 Å². The van der Waals surface area contributed by atoms with Gasteiger partial charge in [-0.25, -0.2) is 0 Å². The summed E-state index contributed by atoms with van der Waals surface area (Å²) in [6.07, 6.45) is 0. The monoisotopic (exact) mass is 372 g/mol. The lowest BCUT2D eigenvalue weighted by molar-refractivity contribution is -0.163. The van der Waals surface area contributed by atoms with Gasteiger partial charge in [0, 0.05) is 21.0 Å². The van der Waals surface area contributed by atoms with Crippen molar-refractivity contribution < 1.29 is 28.9 Å². The Morgan fingerprint density at radius 1 is 0.778 bits per heavy atom. The van der Waals surface area contributed by atoms with Crippen LogP contribution in [0.5, 0.6) is 11.5 Å².